The Balaban J connectivity index is 1.82. The number of likely N-dealkylation sites (tertiary alicyclic amines) is 1. The summed E-state index contributed by atoms with van der Waals surface area (Å²) in [7, 11) is 5.43. The molecule has 0 aliphatic carbocycles. The van der Waals surface area contributed by atoms with E-state index in [2.05, 4.69) is 27.4 Å². The number of ether oxygens (including phenoxy) is 1. The summed E-state index contributed by atoms with van der Waals surface area (Å²) in [6, 6.07) is -0.0716. The highest BCUT2D eigenvalue weighted by Gasteiger charge is 2.35. The predicted octanol–water partition coefficient (Wildman–Crippen LogP) is 0.439. The molecule has 8 heteroatoms. The molecule has 0 saturated carbocycles. The fraction of sp³-hybridized carbons (Fsp3) is 0.769. The van der Waals surface area contributed by atoms with E-state index < -0.39 is 0 Å². The standard InChI is InChI=1S/C13H24N6O2/c1-13(9-21-4)5-6-19(8-13)12(20)14-7-10-15-11(17-16-10)18(2)3/h5-9H2,1-4H3,(H,14,20)(H,15,16,17). The number of carbonyl (C=O) groups is 1. The monoisotopic (exact) mass is 296 g/mol. The Bertz CT molecular complexity index is 489. The molecule has 1 aliphatic heterocycles. The van der Waals surface area contributed by atoms with Crippen molar-refractivity contribution in [1.82, 2.24) is 25.4 Å². The van der Waals surface area contributed by atoms with Crippen LogP contribution in [0.3, 0.4) is 0 Å². The number of hydrogen-bond acceptors (Lipinski definition) is 5. The van der Waals surface area contributed by atoms with Crippen LogP contribution in [0.25, 0.3) is 0 Å². The first kappa shape index (κ1) is 15.6. The first-order valence-corrected chi connectivity index (χ1v) is 7.04. The maximum atomic E-state index is 12.2. The first-order chi connectivity index (χ1) is 9.93. The minimum Gasteiger partial charge on any atom is -0.384 e. The van der Waals surface area contributed by atoms with Crippen LogP contribution >= 0.6 is 0 Å². The number of H-pyrrole nitrogens is 1. The Labute approximate surface area is 124 Å². The topological polar surface area (TPSA) is 86.4 Å². The molecular formula is C13H24N6O2. The SMILES string of the molecule is COCC1(C)CCN(C(=O)NCc2nc(N(C)C)n[nH]2)C1. The number of aromatic nitrogens is 3. The van der Waals surface area contributed by atoms with Crippen LogP contribution in [-0.2, 0) is 11.3 Å². The Morgan fingerprint density at radius 2 is 2.33 bits per heavy atom. The van der Waals surface area contributed by atoms with Crippen molar-refractivity contribution in [3.05, 3.63) is 5.82 Å². The summed E-state index contributed by atoms with van der Waals surface area (Å²) in [5, 5.41) is 9.73. The molecule has 2 N–H and O–H groups in total. The van der Waals surface area contributed by atoms with Gasteiger partial charge < -0.3 is 19.9 Å². The van der Waals surface area contributed by atoms with E-state index in [4.69, 9.17) is 4.74 Å². The second-order valence-electron chi connectivity index (χ2n) is 6.05. The highest BCUT2D eigenvalue weighted by atomic mass is 16.5. The van der Waals surface area contributed by atoms with E-state index in [0.29, 0.717) is 31.5 Å². The van der Waals surface area contributed by atoms with Gasteiger partial charge in [0.2, 0.25) is 5.95 Å². The van der Waals surface area contributed by atoms with Crippen molar-refractivity contribution in [3.63, 3.8) is 0 Å². The van der Waals surface area contributed by atoms with Gasteiger partial charge in [0.05, 0.1) is 13.2 Å². The van der Waals surface area contributed by atoms with Crippen LogP contribution in [0.1, 0.15) is 19.2 Å². The van der Waals surface area contributed by atoms with Crippen LogP contribution in [0.2, 0.25) is 0 Å². The van der Waals surface area contributed by atoms with Gasteiger partial charge in [-0.3, -0.25) is 5.10 Å². The maximum Gasteiger partial charge on any atom is 0.317 e. The van der Waals surface area contributed by atoms with Gasteiger partial charge in [0.1, 0.15) is 5.82 Å². The molecule has 1 saturated heterocycles. The molecule has 1 aromatic rings. The second-order valence-corrected chi connectivity index (χ2v) is 6.05. The Morgan fingerprint density at radius 3 is 2.95 bits per heavy atom. The molecule has 0 spiro atoms. The molecule has 1 atom stereocenters. The van der Waals surface area contributed by atoms with Gasteiger partial charge in [-0.25, -0.2) is 4.79 Å². The average Bonchev–Trinajstić information content (AvgIpc) is 3.03. The normalized spacial score (nSPS) is 21.6. The van der Waals surface area contributed by atoms with E-state index in [9.17, 15) is 4.79 Å². The minimum absolute atomic E-state index is 0.0520. The number of urea groups is 1. The summed E-state index contributed by atoms with van der Waals surface area (Å²) in [6.45, 7) is 4.63. The molecule has 118 valence electrons. The summed E-state index contributed by atoms with van der Waals surface area (Å²) in [5.41, 5.74) is 0.0520. The number of nitrogens with one attached hydrogen (secondary N) is 2. The smallest absolute Gasteiger partial charge is 0.317 e. The van der Waals surface area contributed by atoms with Crippen LogP contribution in [-0.4, -0.2) is 67.0 Å². The molecule has 0 aromatic carbocycles. The van der Waals surface area contributed by atoms with Crippen molar-refractivity contribution in [2.24, 2.45) is 5.41 Å². The summed E-state index contributed by atoms with van der Waals surface area (Å²) in [4.78, 5) is 20.1. The van der Waals surface area contributed by atoms with Gasteiger partial charge in [0.15, 0.2) is 0 Å². The highest BCUT2D eigenvalue weighted by Crippen LogP contribution is 2.29. The number of amides is 2. The maximum absolute atomic E-state index is 12.2. The van der Waals surface area contributed by atoms with Gasteiger partial charge in [0, 0.05) is 39.7 Å². The Morgan fingerprint density at radius 1 is 1.57 bits per heavy atom. The molecule has 2 amide bonds. The van der Waals surface area contributed by atoms with E-state index in [0.717, 1.165) is 13.0 Å². The van der Waals surface area contributed by atoms with Crippen molar-refractivity contribution in [3.8, 4) is 0 Å². The number of carbonyl (C=O) groups excluding carboxylic acids is 1. The summed E-state index contributed by atoms with van der Waals surface area (Å²) < 4.78 is 5.22. The summed E-state index contributed by atoms with van der Waals surface area (Å²) in [6.07, 6.45) is 0.960. The molecule has 0 radical (unpaired) electrons. The molecule has 1 fully saturated rings. The Hall–Kier alpha value is -1.83. The zero-order valence-corrected chi connectivity index (χ0v) is 13.1. The Kier molecular flexibility index (Phi) is 4.66. The third-order valence-corrected chi connectivity index (χ3v) is 3.66. The second kappa shape index (κ2) is 6.30. The molecule has 2 heterocycles. The van der Waals surface area contributed by atoms with Crippen molar-refractivity contribution >= 4 is 12.0 Å². The van der Waals surface area contributed by atoms with E-state index >= 15 is 0 Å². The van der Waals surface area contributed by atoms with Gasteiger partial charge in [-0.15, -0.1) is 5.10 Å². The van der Waals surface area contributed by atoms with Gasteiger partial charge in [-0.05, 0) is 6.42 Å². The molecular weight excluding hydrogens is 272 g/mol. The predicted molar refractivity (Wildman–Crippen MR) is 79.1 cm³/mol. The molecule has 1 unspecified atom stereocenters. The largest absolute Gasteiger partial charge is 0.384 e. The van der Waals surface area contributed by atoms with Crippen LogP contribution < -0.4 is 10.2 Å². The number of nitrogens with zero attached hydrogens (tertiary/aromatic N) is 4. The molecule has 1 aromatic heterocycles. The average molecular weight is 296 g/mol. The molecule has 8 nitrogen and oxygen atoms in total. The fourth-order valence-electron chi connectivity index (χ4n) is 2.50. The minimum atomic E-state index is -0.0716. The number of hydrogen-bond donors (Lipinski definition) is 2. The first-order valence-electron chi connectivity index (χ1n) is 7.04. The quantitative estimate of drug-likeness (QED) is 0.823. The third kappa shape index (κ3) is 3.84. The zero-order valence-electron chi connectivity index (χ0n) is 13.1. The lowest BCUT2D eigenvalue weighted by molar-refractivity contribution is 0.0982. The molecule has 1 aliphatic rings. The third-order valence-electron chi connectivity index (χ3n) is 3.66. The van der Waals surface area contributed by atoms with Gasteiger partial charge in [-0.1, -0.05) is 6.92 Å². The lowest BCUT2D eigenvalue weighted by atomic mass is 9.91. The van der Waals surface area contributed by atoms with Gasteiger partial charge in [-0.2, -0.15) is 4.98 Å². The van der Waals surface area contributed by atoms with Crippen molar-refractivity contribution < 1.29 is 9.53 Å². The zero-order chi connectivity index (χ0) is 15.5. The molecule has 0 bridgehead atoms. The number of rotatable bonds is 5. The summed E-state index contributed by atoms with van der Waals surface area (Å²) >= 11 is 0. The molecule has 2 rings (SSSR count). The lowest BCUT2D eigenvalue weighted by Crippen LogP contribution is -2.40. The lowest BCUT2D eigenvalue weighted by Gasteiger charge is -2.23. The van der Waals surface area contributed by atoms with Crippen molar-refractivity contribution in [2.75, 3.05) is 45.8 Å². The van der Waals surface area contributed by atoms with Crippen molar-refractivity contribution in [1.29, 1.82) is 0 Å². The highest BCUT2D eigenvalue weighted by molar-refractivity contribution is 5.74. The number of methoxy groups -OCH3 is 1. The number of aromatic amines is 1. The van der Waals surface area contributed by atoms with E-state index in [-0.39, 0.29) is 11.4 Å². The fourth-order valence-corrected chi connectivity index (χ4v) is 2.50. The van der Waals surface area contributed by atoms with E-state index in [1.807, 2.05) is 19.0 Å². The van der Waals surface area contributed by atoms with Crippen LogP contribution in [0.5, 0.6) is 0 Å². The van der Waals surface area contributed by atoms with Crippen molar-refractivity contribution in [2.45, 2.75) is 19.9 Å². The van der Waals surface area contributed by atoms with Crippen LogP contribution in [0.15, 0.2) is 0 Å². The van der Waals surface area contributed by atoms with Gasteiger partial charge in [0.25, 0.3) is 0 Å². The van der Waals surface area contributed by atoms with Gasteiger partial charge >= 0.3 is 6.03 Å². The summed E-state index contributed by atoms with van der Waals surface area (Å²) in [5.74, 6) is 1.25. The van der Waals surface area contributed by atoms with Crippen LogP contribution in [0.4, 0.5) is 10.7 Å². The van der Waals surface area contributed by atoms with Crippen LogP contribution in [0, 0.1) is 5.41 Å². The molecule has 21 heavy (non-hydrogen) atoms. The van der Waals surface area contributed by atoms with E-state index in [1.54, 1.807) is 12.0 Å². The van der Waals surface area contributed by atoms with E-state index in [1.165, 1.54) is 0 Å². The number of anilines is 1.